The van der Waals surface area contributed by atoms with Gasteiger partial charge in [0.1, 0.15) is 18.1 Å². The minimum absolute atomic E-state index is 0.0530. The molecule has 1 amide bonds. The molecule has 0 fully saturated rings. The van der Waals surface area contributed by atoms with Gasteiger partial charge in [0.15, 0.2) is 6.61 Å². The van der Waals surface area contributed by atoms with E-state index in [0.29, 0.717) is 24.5 Å². The van der Waals surface area contributed by atoms with Gasteiger partial charge in [-0.3, -0.25) is 9.59 Å². The van der Waals surface area contributed by atoms with Crippen LogP contribution in [0.3, 0.4) is 0 Å². The van der Waals surface area contributed by atoms with Crippen LogP contribution in [-0.4, -0.2) is 41.7 Å². The molecule has 1 aromatic heterocycles. The number of esters is 1. The predicted octanol–water partition coefficient (Wildman–Crippen LogP) is 1.95. The number of methoxy groups -OCH3 is 1. The van der Waals surface area contributed by atoms with Crippen LogP contribution in [0.25, 0.3) is 11.0 Å². The first-order valence-electron chi connectivity index (χ1n) is 8.63. The molecule has 1 N–H and O–H groups in total. The molecule has 0 aliphatic carbocycles. The lowest BCUT2D eigenvalue weighted by Crippen LogP contribution is -2.31. The summed E-state index contributed by atoms with van der Waals surface area (Å²) >= 11 is 0. The molecule has 0 saturated carbocycles. The number of ether oxygens (including phenoxy) is 2. The normalized spacial score (nSPS) is 10.6. The standard InChI is InChI=1S/C20H21N3O4/c1-26-20(25)13-23-17-10-6-5-9-16(17)22-18(23)11-12-21-19(24)14-27-15-7-3-2-4-8-15/h2-10H,11-14H2,1H3,(H,21,24). The fourth-order valence-corrected chi connectivity index (χ4v) is 2.72. The smallest absolute Gasteiger partial charge is 0.325 e. The molecule has 2 aromatic carbocycles. The first-order chi connectivity index (χ1) is 13.2. The van der Waals surface area contributed by atoms with Gasteiger partial charge in [-0.05, 0) is 24.3 Å². The highest BCUT2D eigenvalue weighted by atomic mass is 16.5. The van der Waals surface area contributed by atoms with E-state index < -0.39 is 0 Å². The minimum Gasteiger partial charge on any atom is -0.484 e. The molecule has 7 heteroatoms. The van der Waals surface area contributed by atoms with Gasteiger partial charge in [-0.25, -0.2) is 4.98 Å². The van der Waals surface area contributed by atoms with Crippen molar-refractivity contribution < 1.29 is 19.1 Å². The number of carbonyl (C=O) groups is 2. The number of aromatic nitrogens is 2. The highest BCUT2D eigenvalue weighted by Gasteiger charge is 2.14. The Bertz CT molecular complexity index is 921. The summed E-state index contributed by atoms with van der Waals surface area (Å²) in [6.45, 7) is 0.418. The number of hydrogen-bond acceptors (Lipinski definition) is 5. The minimum atomic E-state index is -0.348. The lowest BCUT2D eigenvalue weighted by Gasteiger charge is -2.09. The van der Waals surface area contributed by atoms with Gasteiger partial charge in [-0.2, -0.15) is 0 Å². The lowest BCUT2D eigenvalue weighted by atomic mass is 10.3. The van der Waals surface area contributed by atoms with E-state index >= 15 is 0 Å². The Morgan fingerprint density at radius 2 is 1.81 bits per heavy atom. The third kappa shape index (κ3) is 4.84. The molecule has 0 spiro atoms. The highest BCUT2D eigenvalue weighted by molar-refractivity contribution is 5.79. The summed E-state index contributed by atoms with van der Waals surface area (Å²) in [7, 11) is 1.36. The van der Waals surface area contributed by atoms with Gasteiger partial charge in [-0.1, -0.05) is 30.3 Å². The highest BCUT2D eigenvalue weighted by Crippen LogP contribution is 2.16. The van der Waals surface area contributed by atoms with E-state index in [0.717, 1.165) is 11.0 Å². The second-order valence-corrected chi connectivity index (χ2v) is 5.88. The fraction of sp³-hybridized carbons (Fsp3) is 0.250. The van der Waals surface area contributed by atoms with Crippen LogP contribution in [0.15, 0.2) is 54.6 Å². The Morgan fingerprint density at radius 3 is 2.59 bits per heavy atom. The number of para-hydroxylation sites is 3. The summed E-state index contributed by atoms with van der Waals surface area (Å²) in [6.07, 6.45) is 0.489. The van der Waals surface area contributed by atoms with Gasteiger partial charge in [0, 0.05) is 13.0 Å². The second kappa shape index (κ2) is 8.84. The quantitative estimate of drug-likeness (QED) is 0.616. The van der Waals surface area contributed by atoms with Crippen molar-refractivity contribution in [2.75, 3.05) is 20.3 Å². The molecule has 140 valence electrons. The van der Waals surface area contributed by atoms with Crippen molar-refractivity contribution in [1.82, 2.24) is 14.9 Å². The number of benzene rings is 2. The third-order valence-electron chi connectivity index (χ3n) is 4.03. The Kier molecular flexibility index (Phi) is 6.04. The molecule has 0 aliphatic heterocycles. The Balaban J connectivity index is 1.58. The van der Waals surface area contributed by atoms with E-state index in [4.69, 9.17) is 9.47 Å². The maximum atomic E-state index is 12.0. The average molecular weight is 367 g/mol. The van der Waals surface area contributed by atoms with Crippen molar-refractivity contribution in [3.05, 3.63) is 60.4 Å². The van der Waals surface area contributed by atoms with Gasteiger partial charge < -0.3 is 19.4 Å². The predicted molar refractivity (Wildman–Crippen MR) is 100 cm³/mol. The number of amides is 1. The Morgan fingerprint density at radius 1 is 1.07 bits per heavy atom. The van der Waals surface area contributed by atoms with Crippen LogP contribution in [0, 0.1) is 0 Å². The number of nitrogens with one attached hydrogen (secondary N) is 1. The zero-order valence-electron chi connectivity index (χ0n) is 15.1. The topological polar surface area (TPSA) is 82.5 Å². The molecule has 0 saturated heterocycles. The average Bonchev–Trinajstić information content (AvgIpc) is 3.04. The van der Waals surface area contributed by atoms with Crippen LogP contribution < -0.4 is 10.1 Å². The van der Waals surface area contributed by atoms with Crippen LogP contribution in [0.1, 0.15) is 5.82 Å². The number of nitrogens with zero attached hydrogens (tertiary/aromatic N) is 2. The van der Waals surface area contributed by atoms with E-state index in [9.17, 15) is 9.59 Å². The first kappa shape index (κ1) is 18.4. The summed E-state index contributed by atoms with van der Waals surface area (Å²) < 4.78 is 12.0. The van der Waals surface area contributed by atoms with Crippen LogP contribution in [0.4, 0.5) is 0 Å². The molecular formula is C20H21N3O4. The second-order valence-electron chi connectivity index (χ2n) is 5.88. The van der Waals surface area contributed by atoms with Crippen molar-refractivity contribution in [1.29, 1.82) is 0 Å². The number of fused-ring (bicyclic) bond motifs is 1. The number of rotatable bonds is 8. The molecule has 0 bridgehead atoms. The van der Waals surface area contributed by atoms with E-state index in [1.807, 2.05) is 47.0 Å². The Labute approximate surface area is 156 Å². The SMILES string of the molecule is COC(=O)Cn1c(CCNC(=O)COc2ccccc2)nc2ccccc21. The molecule has 3 aromatic rings. The van der Waals surface area contributed by atoms with Crippen LogP contribution in [-0.2, 0) is 27.3 Å². The van der Waals surface area contributed by atoms with Crippen molar-refractivity contribution >= 4 is 22.9 Å². The van der Waals surface area contributed by atoms with Crippen LogP contribution in [0.2, 0.25) is 0 Å². The number of hydrogen-bond donors (Lipinski definition) is 1. The zero-order chi connectivity index (χ0) is 19.1. The molecule has 0 aliphatic rings. The largest absolute Gasteiger partial charge is 0.484 e. The summed E-state index contributed by atoms with van der Waals surface area (Å²) in [5.41, 5.74) is 1.66. The van der Waals surface area contributed by atoms with E-state index in [-0.39, 0.29) is 25.0 Å². The molecule has 0 unspecified atom stereocenters. The number of carbonyl (C=O) groups excluding carboxylic acids is 2. The van der Waals surface area contributed by atoms with Gasteiger partial charge in [-0.15, -0.1) is 0 Å². The monoisotopic (exact) mass is 367 g/mol. The maximum absolute atomic E-state index is 12.0. The van der Waals surface area contributed by atoms with Crippen LogP contribution >= 0.6 is 0 Å². The van der Waals surface area contributed by atoms with Crippen molar-refractivity contribution in [3.63, 3.8) is 0 Å². The molecular weight excluding hydrogens is 346 g/mol. The lowest BCUT2D eigenvalue weighted by molar-refractivity contribution is -0.141. The molecule has 7 nitrogen and oxygen atoms in total. The molecule has 3 rings (SSSR count). The van der Waals surface area contributed by atoms with Crippen molar-refractivity contribution in [2.24, 2.45) is 0 Å². The summed E-state index contributed by atoms with van der Waals surface area (Å²) in [5.74, 6) is 0.799. The van der Waals surface area contributed by atoms with Gasteiger partial charge >= 0.3 is 5.97 Å². The molecule has 0 radical (unpaired) electrons. The Hall–Kier alpha value is -3.35. The third-order valence-corrected chi connectivity index (χ3v) is 4.03. The first-order valence-corrected chi connectivity index (χ1v) is 8.63. The van der Waals surface area contributed by atoms with Gasteiger partial charge in [0.25, 0.3) is 5.91 Å². The zero-order valence-corrected chi connectivity index (χ0v) is 15.1. The van der Waals surface area contributed by atoms with Gasteiger partial charge in [0.05, 0.1) is 18.1 Å². The van der Waals surface area contributed by atoms with E-state index in [1.54, 1.807) is 12.1 Å². The van der Waals surface area contributed by atoms with E-state index in [1.165, 1.54) is 7.11 Å². The van der Waals surface area contributed by atoms with Crippen molar-refractivity contribution in [2.45, 2.75) is 13.0 Å². The van der Waals surface area contributed by atoms with Crippen molar-refractivity contribution in [3.8, 4) is 5.75 Å². The summed E-state index contributed by atoms with van der Waals surface area (Å²) in [5, 5.41) is 2.81. The number of imidazole rings is 1. The maximum Gasteiger partial charge on any atom is 0.325 e. The molecule has 1 heterocycles. The fourth-order valence-electron chi connectivity index (χ4n) is 2.72. The summed E-state index contributed by atoms with van der Waals surface area (Å²) in [4.78, 5) is 28.2. The molecule has 0 atom stereocenters. The van der Waals surface area contributed by atoms with Crippen LogP contribution in [0.5, 0.6) is 5.75 Å². The van der Waals surface area contributed by atoms with Gasteiger partial charge in [0.2, 0.25) is 0 Å². The summed E-state index contributed by atoms with van der Waals surface area (Å²) in [6, 6.07) is 16.7. The molecule has 27 heavy (non-hydrogen) atoms. The van der Waals surface area contributed by atoms with E-state index in [2.05, 4.69) is 10.3 Å².